The van der Waals surface area contributed by atoms with E-state index in [1.54, 1.807) is 41.2 Å². The smallest absolute Gasteiger partial charge is 0.261 e. The number of anilines is 1. The Labute approximate surface area is 201 Å². The van der Waals surface area contributed by atoms with Gasteiger partial charge in [0.2, 0.25) is 0 Å². The van der Waals surface area contributed by atoms with Crippen molar-refractivity contribution >= 4 is 33.2 Å². The van der Waals surface area contributed by atoms with E-state index in [0.29, 0.717) is 10.8 Å². The van der Waals surface area contributed by atoms with Crippen LogP contribution in [0.5, 0.6) is 0 Å². The van der Waals surface area contributed by atoms with Crippen molar-refractivity contribution in [3.05, 3.63) is 113 Å². The molecule has 1 aromatic heterocycles. The van der Waals surface area contributed by atoms with Gasteiger partial charge >= 0.3 is 0 Å². The molecule has 7 nitrogen and oxygen atoms in total. The van der Waals surface area contributed by atoms with Crippen LogP contribution in [0, 0.1) is 5.82 Å². The fourth-order valence-electron chi connectivity index (χ4n) is 3.34. The van der Waals surface area contributed by atoms with Crippen LogP contribution in [0.2, 0.25) is 5.02 Å². The molecule has 0 saturated carbocycles. The lowest BCUT2D eigenvalue weighted by Gasteiger charge is -2.19. The van der Waals surface area contributed by atoms with Crippen LogP contribution in [-0.2, 0) is 17.1 Å². The molecule has 0 aliphatic heterocycles. The highest BCUT2D eigenvalue weighted by atomic mass is 35.5. The number of nitrogens with zero attached hydrogens (tertiary/aromatic N) is 2. The van der Waals surface area contributed by atoms with E-state index in [1.165, 1.54) is 36.4 Å². The maximum atomic E-state index is 13.1. The Hall–Kier alpha value is -3.69. The van der Waals surface area contributed by atoms with Crippen LogP contribution in [-0.4, -0.2) is 23.9 Å². The first-order valence-corrected chi connectivity index (χ1v) is 12.0. The number of amides is 1. The Morgan fingerprint density at radius 2 is 1.65 bits per heavy atom. The van der Waals surface area contributed by atoms with Gasteiger partial charge in [0.05, 0.1) is 4.90 Å². The minimum Gasteiger partial charge on any atom is -0.338 e. The Morgan fingerprint density at radius 1 is 1.00 bits per heavy atom. The number of nitrogens with one attached hydrogen (secondary N) is 2. The molecule has 3 aromatic carbocycles. The summed E-state index contributed by atoms with van der Waals surface area (Å²) in [5.74, 6) is -0.252. The molecular formula is C24H20ClFN4O3S. The maximum Gasteiger partial charge on any atom is 0.261 e. The SMILES string of the molecule is Cn1ccnc1[C@@H](NC(=O)c1ccc(S(=O)(=O)Nc2ccc(F)cc2)cc1)c1ccc(Cl)cc1. The standard InChI is InChI=1S/C24H20ClFN4O3S/c1-30-15-14-27-23(30)22(16-2-6-18(25)7-3-16)28-24(31)17-4-12-21(13-5-17)34(32,33)29-20-10-8-19(26)9-11-20/h2-15,22,29H,1H3,(H,28,31)/t22-/m0/s1. The van der Waals surface area contributed by atoms with E-state index in [4.69, 9.17) is 11.6 Å². The van der Waals surface area contributed by atoms with Gasteiger partial charge in [0, 0.05) is 35.7 Å². The molecule has 0 saturated heterocycles. The molecule has 0 aliphatic rings. The zero-order valence-corrected chi connectivity index (χ0v) is 19.5. The molecule has 0 unspecified atom stereocenters. The predicted molar refractivity (Wildman–Crippen MR) is 128 cm³/mol. The molecule has 1 amide bonds. The van der Waals surface area contributed by atoms with E-state index in [0.717, 1.165) is 17.7 Å². The molecule has 4 aromatic rings. The van der Waals surface area contributed by atoms with E-state index in [9.17, 15) is 17.6 Å². The van der Waals surface area contributed by atoms with Crippen molar-refractivity contribution < 1.29 is 17.6 Å². The lowest BCUT2D eigenvalue weighted by Crippen LogP contribution is -2.31. The van der Waals surface area contributed by atoms with Gasteiger partial charge in [-0.1, -0.05) is 23.7 Å². The second-order valence-corrected chi connectivity index (χ2v) is 9.61. The third-order valence-corrected chi connectivity index (χ3v) is 6.77. The third kappa shape index (κ3) is 5.27. The maximum absolute atomic E-state index is 13.1. The number of hydrogen-bond acceptors (Lipinski definition) is 4. The second kappa shape index (κ2) is 9.66. The highest BCUT2D eigenvalue weighted by Crippen LogP contribution is 2.23. The number of hydrogen-bond donors (Lipinski definition) is 2. The van der Waals surface area contributed by atoms with Crippen LogP contribution in [0.3, 0.4) is 0 Å². The van der Waals surface area contributed by atoms with Crippen molar-refractivity contribution in [3.63, 3.8) is 0 Å². The minimum absolute atomic E-state index is 0.0354. The number of aryl methyl sites for hydroxylation is 1. The van der Waals surface area contributed by atoms with Crippen LogP contribution < -0.4 is 10.0 Å². The van der Waals surface area contributed by atoms with Gasteiger partial charge in [-0.25, -0.2) is 17.8 Å². The van der Waals surface area contributed by atoms with Gasteiger partial charge in [-0.3, -0.25) is 9.52 Å². The molecule has 0 bridgehead atoms. The first kappa shape index (κ1) is 23.5. The van der Waals surface area contributed by atoms with Gasteiger partial charge < -0.3 is 9.88 Å². The van der Waals surface area contributed by atoms with Crippen molar-refractivity contribution in [3.8, 4) is 0 Å². The molecule has 0 aliphatic carbocycles. The van der Waals surface area contributed by atoms with Gasteiger partial charge in [0.25, 0.3) is 15.9 Å². The van der Waals surface area contributed by atoms with E-state index in [2.05, 4.69) is 15.0 Å². The number of sulfonamides is 1. The van der Waals surface area contributed by atoms with E-state index < -0.39 is 27.8 Å². The zero-order valence-electron chi connectivity index (χ0n) is 17.9. The predicted octanol–water partition coefficient (Wildman–Crippen LogP) is 4.53. The van der Waals surface area contributed by atoms with Crippen LogP contribution in [0.15, 0.2) is 90.1 Å². The molecule has 10 heteroatoms. The largest absolute Gasteiger partial charge is 0.338 e. The van der Waals surface area contributed by atoms with Crippen LogP contribution in [0.25, 0.3) is 0 Å². The monoisotopic (exact) mass is 498 g/mol. The Morgan fingerprint density at radius 3 is 2.24 bits per heavy atom. The molecule has 1 atom stereocenters. The summed E-state index contributed by atoms with van der Waals surface area (Å²) in [6.45, 7) is 0. The second-order valence-electron chi connectivity index (χ2n) is 7.49. The quantitative estimate of drug-likeness (QED) is 0.391. The number of halogens is 2. The number of benzene rings is 3. The van der Waals surface area contributed by atoms with Crippen LogP contribution >= 0.6 is 11.6 Å². The first-order valence-electron chi connectivity index (χ1n) is 10.1. The minimum atomic E-state index is -3.91. The third-order valence-electron chi connectivity index (χ3n) is 5.12. The molecule has 174 valence electrons. The van der Waals surface area contributed by atoms with Gasteiger partial charge in [0.15, 0.2) is 0 Å². The van der Waals surface area contributed by atoms with Crippen molar-refractivity contribution in [2.45, 2.75) is 10.9 Å². The van der Waals surface area contributed by atoms with Crippen molar-refractivity contribution in [2.24, 2.45) is 7.05 Å². The van der Waals surface area contributed by atoms with Crippen LogP contribution in [0.4, 0.5) is 10.1 Å². The summed E-state index contributed by atoms with van der Waals surface area (Å²) in [7, 11) is -2.09. The fourth-order valence-corrected chi connectivity index (χ4v) is 4.52. The average molecular weight is 499 g/mol. The fraction of sp³-hybridized carbons (Fsp3) is 0.0833. The first-order chi connectivity index (χ1) is 16.2. The zero-order chi connectivity index (χ0) is 24.3. The highest BCUT2D eigenvalue weighted by Gasteiger charge is 2.22. The summed E-state index contributed by atoms with van der Waals surface area (Å²) in [6, 6.07) is 17.0. The molecule has 4 rings (SSSR count). The highest BCUT2D eigenvalue weighted by molar-refractivity contribution is 7.92. The summed E-state index contributed by atoms with van der Waals surface area (Å²) in [5, 5.41) is 3.52. The number of imidazole rings is 1. The van der Waals surface area contributed by atoms with Gasteiger partial charge in [0.1, 0.15) is 17.7 Å². The number of aromatic nitrogens is 2. The van der Waals surface area contributed by atoms with E-state index in [-0.39, 0.29) is 16.1 Å². The number of carbonyl (C=O) groups excluding carboxylic acids is 1. The topological polar surface area (TPSA) is 93.1 Å². The van der Waals surface area contributed by atoms with Crippen molar-refractivity contribution in [2.75, 3.05) is 4.72 Å². The number of carbonyl (C=O) groups is 1. The summed E-state index contributed by atoms with van der Waals surface area (Å²) in [5.41, 5.74) is 1.28. The van der Waals surface area contributed by atoms with Gasteiger partial charge in [-0.15, -0.1) is 0 Å². The van der Waals surface area contributed by atoms with Crippen LogP contribution in [0.1, 0.15) is 27.8 Å². The molecule has 34 heavy (non-hydrogen) atoms. The Bertz CT molecular complexity index is 1400. The molecular weight excluding hydrogens is 479 g/mol. The summed E-state index contributed by atoms with van der Waals surface area (Å²) < 4.78 is 42.5. The molecule has 0 fully saturated rings. The lowest BCUT2D eigenvalue weighted by atomic mass is 10.1. The molecule has 2 N–H and O–H groups in total. The van der Waals surface area contributed by atoms with E-state index >= 15 is 0 Å². The summed E-state index contributed by atoms with van der Waals surface area (Å²) in [6.07, 6.45) is 3.41. The van der Waals surface area contributed by atoms with Gasteiger partial charge in [-0.05, 0) is 66.2 Å². The molecule has 0 spiro atoms. The lowest BCUT2D eigenvalue weighted by molar-refractivity contribution is 0.0941. The Kier molecular flexibility index (Phi) is 6.67. The molecule has 1 heterocycles. The van der Waals surface area contributed by atoms with Crippen molar-refractivity contribution in [1.29, 1.82) is 0 Å². The van der Waals surface area contributed by atoms with Gasteiger partial charge in [-0.2, -0.15) is 0 Å². The average Bonchev–Trinajstić information content (AvgIpc) is 3.25. The Balaban J connectivity index is 1.54. The summed E-state index contributed by atoms with van der Waals surface area (Å²) in [4.78, 5) is 17.3. The van der Waals surface area contributed by atoms with E-state index in [1.807, 2.05) is 7.05 Å². The molecule has 0 radical (unpaired) electrons. The number of rotatable bonds is 7. The summed E-state index contributed by atoms with van der Waals surface area (Å²) >= 11 is 6.00. The van der Waals surface area contributed by atoms with Crippen molar-refractivity contribution in [1.82, 2.24) is 14.9 Å². The normalized spacial score (nSPS) is 12.2.